The zero-order chi connectivity index (χ0) is 13.5. The van der Waals surface area contributed by atoms with Crippen molar-refractivity contribution in [3.05, 3.63) is 28.8 Å². The molecule has 0 fully saturated rings. The largest absolute Gasteiger partial charge is 0.383 e. The van der Waals surface area contributed by atoms with Gasteiger partial charge in [-0.2, -0.15) is 0 Å². The SMILES string of the molecule is CCN(CCOC)c1ccc(C(C)NC)c(Cl)c1. The van der Waals surface area contributed by atoms with E-state index in [4.69, 9.17) is 16.3 Å². The van der Waals surface area contributed by atoms with Gasteiger partial charge < -0.3 is 15.0 Å². The summed E-state index contributed by atoms with van der Waals surface area (Å²) in [5, 5.41) is 4.01. The number of methoxy groups -OCH3 is 1. The van der Waals surface area contributed by atoms with Gasteiger partial charge >= 0.3 is 0 Å². The quantitative estimate of drug-likeness (QED) is 0.824. The molecule has 18 heavy (non-hydrogen) atoms. The molecule has 0 amide bonds. The average Bonchev–Trinajstić information content (AvgIpc) is 2.39. The molecule has 1 aromatic rings. The molecule has 0 aliphatic carbocycles. The fraction of sp³-hybridized carbons (Fsp3) is 0.571. The molecule has 0 saturated carbocycles. The minimum Gasteiger partial charge on any atom is -0.383 e. The molecule has 3 nitrogen and oxygen atoms in total. The summed E-state index contributed by atoms with van der Waals surface area (Å²) in [5.74, 6) is 0. The topological polar surface area (TPSA) is 24.5 Å². The first-order valence-corrected chi connectivity index (χ1v) is 6.72. The van der Waals surface area contributed by atoms with Crippen LogP contribution in [0.4, 0.5) is 5.69 Å². The Hall–Kier alpha value is -0.770. The average molecular weight is 271 g/mol. The number of anilines is 1. The van der Waals surface area contributed by atoms with Crippen molar-refractivity contribution in [2.75, 3.05) is 38.8 Å². The first-order chi connectivity index (χ1) is 8.63. The second-order valence-corrected chi connectivity index (χ2v) is 4.70. The Morgan fingerprint density at radius 2 is 2.17 bits per heavy atom. The third-order valence-electron chi connectivity index (χ3n) is 3.20. The van der Waals surface area contributed by atoms with Crippen molar-refractivity contribution in [3.8, 4) is 0 Å². The highest BCUT2D eigenvalue weighted by Gasteiger charge is 2.10. The van der Waals surface area contributed by atoms with Gasteiger partial charge in [-0.25, -0.2) is 0 Å². The van der Waals surface area contributed by atoms with Gasteiger partial charge in [-0.05, 0) is 38.6 Å². The lowest BCUT2D eigenvalue weighted by Gasteiger charge is -2.24. The zero-order valence-corrected chi connectivity index (χ0v) is 12.4. The van der Waals surface area contributed by atoms with Gasteiger partial charge in [-0.1, -0.05) is 17.7 Å². The van der Waals surface area contributed by atoms with Gasteiger partial charge in [0.1, 0.15) is 0 Å². The fourth-order valence-corrected chi connectivity index (χ4v) is 2.23. The minimum absolute atomic E-state index is 0.264. The number of benzene rings is 1. The molecule has 0 bridgehead atoms. The molecule has 0 radical (unpaired) electrons. The Balaban J connectivity index is 2.87. The molecule has 1 atom stereocenters. The summed E-state index contributed by atoms with van der Waals surface area (Å²) in [6, 6.07) is 6.51. The fourth-order valence-electron chi connectivity index (χ4n) is 1.89. The molecule has 0 saturated heterocycles. The number of hydrogen-bond donors (Lipinski definition) is 1. The molecular weight excluding hydrogens is 248 g/mol. The van der Waals surface area contributed by atoms with Crippen LogP contribution in [0.3, 0.4) is 0 Å². The normalized spacial score (nSPS) is 12.5. The maximum atomic E-state index is 6.34. The molecule has 1 aromatic carbocycles. The van der Waals surface area contributed by atoms with Crippen LogP contribution in [0.25, 0.3) is 0 Å². The third kappa shape index (κ3) is 3.87. The van der Waals surface area contributed by atoms with E-state index in [0.717, 1.165) is 36.0 Å². The summed E-state index contributed by atoms with van der Waals surface area (Å²) in [7, 11) is 3.66. The van der Waals surface area contributed by atoms with Crippen LogP contribution in [0.2, 0.25) is 5.02 Å². The van der Waals surface area contributed by atoms with Crippen molar-refractivity contribution in [3.63, 3.8) is 0 Å². The molecule has 1 N–H and O–H groups in total. The molecule has 0 spiro atoms. The number of likely N-dealkylation sites (N-methyl/N-ethyl adjacent to an activating group) is 1. The summed E-state index contributed by atoms with van der Waals surface area (Å²) in [6.45, 7) is 6.78. The van der Waals surface area contributed by atoms with Gasteiger partial charge in [0, 0.05) is 37.0 Å². The molecule has 102 valence electrons. The van der Waals surface area contributed by atoms with Crippen molar-refractivity contribution in [2.45, 2.75) is 19.9 Å². The van der Waals surface area contributed by atoms with E-state index < -0.39 is 0 Å². The van der Waals surface area contributed by atoms with E-state index in [-0.39, 0.29) is 6.04 Å². The maximum absolute atomic E-state index is 6.34. The third-order valence-corrected chi connectivity index (χ3v) is 3.52. The highest BCUT2D eigenvalue weighted by molar-refractivity contribution is 6.31. The lowest BCUT2D eigenvalue weighted by Crippen LogP contribution is -2.26. The lowest BCUT2D eigenvalue weighted by atomic mass is 10.1. The van der Waals surface area contributed by atoms with Gasteiger partial charge in [-0.15, -0.1) is 0 Å². The van der Waals surface area contributed by atoms with E-state index in [1.807, 2.05) is 13.1 Å². The maximum Gasteiger partial charge on any atom is 0.0637 e. The number of nitrogens with zero attached hydrogens (tertiary/aromatic N) is 1. The summed E-state index contributed by atoms with van der Waals surface area (Å²) in [6.07, 6.45) is 0. The lowest BCUT2D eigenvalue weighted by molar-refractivity contribution is 0.205. The summed E-state index contributed by atoms with van der Waals surface area (Å²) >= 11 is 6.34. The Morgan fingerprint density at radius 1 is 1.44 bits per heavy atom. The van der Waals surface area contributed by atoms with Crippen LogP contribution < -0.4 is 10.2 Å². The Kier molecular flexibility index (Phi) is 6.47. The van der Waals surface area contributed by atoms with Crippen molar-refractivity contribution in [1.29, 1.82) is 0 Å². The molecule has 1 unspecified atom stereocenters. The van der Waals surface area contributed by atoms with Gasteiger partial charge in [0.05, 0.1) is 6.61 Å². The van der Waals surface area contributed by atoms with E-state index in [1.54, 1.807) is 7.11 Å². The van der Waals surface area contributed by atoms with E-state index in [9.17, 15) is 0 Å². The van der Waals surface area contributed by atoms with Gasteiger partial charge in [-0.3, -0.25) is 0 Å². The first-order valence-electron chi connectivity index (χ1n) is 6.34. The Bertz CT molecular complexity index is 371. The van der Waals surface area contributed by atoms with Gasteiger partial charge in [0.2, 0.25) is 0 Å². The molecule has 0 aliphatic heterocycles. The van der Waals surface area contributed by atoms with E-state index in [2.05, 4.69) is 36.2 Å². The summed E-state index contributed by atoms with van der Waals surface area (Å²) in [4.78, 5) is 2.25. The van der Waals surface area contributed by atoms with Crippen molar-refractivity contribution in [1.82, 2.24) is 5.32 Å². The zero-order valence-electron chi connectivity index (χ0n) is 11.7. The molecule has 0 aromatic heterocycles. The minimum atomic E-state index is 0.264. The van der Waals surface area contributed by atoms with Crippen molar-refractivity contribution >= 4 is 17.3 Å². The molecule has 1 rings (SSSR count). The van der Waals surface area contributed by atoms with Crippen LogP contribution in [0.15, 0.2) is 18.2 Å². The van der Waals surface area contributed by atoms with Crippen LogP contribution in [-0.4, -0.2) is 33.9 Å². The standard InChI is InChI=1S/C14H23ClN2O/c1-5-17(8-9-18-4)12-6-7-13(11(2)16-3)14(15)10-12/h6-7,10-11,16H,5,8-9H2,1-4H3. The van der Waals surface area contributed by atoms with Gasteiger partial charge in [0.25, 0.3) is 0 Å². The Labute approximate surface area is 115 Å². The second-order valence-electron chi connectivity index (χ2n) is 4.29. The van der Waals surface area contributed by atoms with Crippen LogP contribution in [0, 0.1) is 0 Å². The number of rotatable bonds is 7. The van der Waals surface area contributed by atoms with E-state index in [1.165, 1.54) is 0 Å². The highest BCUT2D eigenvalue weighted by atomic mass is 35.5. The van der Waals surface area contributed by atoms with Crippen LogP contribution in [-0.2, 0) is 4.74 Å². The van der Waals surface area contributed by atoms with Crippen LogP contribution >= 0.6 is 11.6 Å². The van der Waals surface area contributed by atoms with E-state index >= 15 is 0 Å². The number of hydrogen-bond acceptors (Lipinski definition) is 3. The summed E-state index contributed by atoms with van der Waals surface area (Å²) < 4.78 is 5.12. The second kappa shape index (κ2) is 7.62. The molecular formula is C14H23ClN2O. The predicted octanol–water partition coefficient (Wildman–Crippen LogP) is 3.09. The first kappa shape index (κ1) is 15.3. The number of ether oxygens (including phenoxy) is 1. The number of halogens is 1. The molecule has 0 aliphatic rings. The molecule has 0 heterocycles. The monoisotopic (exact) mass is 270 g/mol. The van der Waals surface area contributed by atoms with Crippen molar-refractivity contribution < 1.29 is 4.74 Å². The van der Waals surface area contributed by atoms with Crippen molar-refractivity contribution in [2.24, 2.45) is 0 Å². The highest BCUT2D eigenvalue weighted by Crippen LogP contribution is 2.27. The summed E-state index contributed by atoms with van der Waals surface area (Å²) in [5.41, 5.74) is 2.28. The predicted molar refractivity (Wildman–Crippen MR) is 78.7 cm³/mol. The molecule has 4 heteroatoms. The van der Waals surface area contributed by atoms with Gasteiger partial charge in [0.15, 0.2) is 0 Å². The smallest absolute Gasteiger partial charge is 0.0637 e. The van der Waals surface area contributed by atoms with E-state index in [0.29, 0.717) is 0 Å². The van der Waals surface area contributed by atoms with Crippen LogP contribution in [0.5, 0.6) is 0 Å². The Morgan fingerprint density at radius 3 is 2.67 bits per heavy atom. The van der Waals surface area contributed by atoms with Crippen LogP contribution in [0.1, 0.15) is 25.5 Å². The number of nitrogens with one attached hydrogen (secondary N) is 1.